The van der Waals surface area contributed by atoms with E-state index in [1.54, 1.807) is 11.8 Å². The molecular formula is C21H32ClN5O4S. The minimum atomic E-state index is -3.41. The topological polar surface area (TPSA) is 120 Å². The van der Waals surface area contributed by atoms with Gasteiger partial charge in [-0.05, 0) is 25.3 Å². The Bertz CT molecular complexity index is 930. The smallest absolute Gasteiger partial charge is 0.245 e. The summed E-state index contributed by atoms with van der Waals surface area (Å²) in [6.45, 7) is 4.62. The number of nitrogens with zero attached hydrogens (tertiary/aromatic N) is 2. The minimum absolute atomic E-state index is 0. The summed E-state index contributed by atoms with van der Waals surface area (Å²) in [7, 11) is -3.41. The first kappa shape index (κ1) is 26.1. The molecule has 2 aliphatic heterocycles. The van der Waals surface area contributed by atoms with Crippen molar-refractivity contribution >= 4 is 40.1 Å². The minimum Gasteiger partial charge on any atom is -0.368 e. The molecule has 1 aromatic rings. The lowest BCUT2D eigenvalue weighted by Crippen LogP contribution is -2.50. The molecule has 1 saturated heterocycles. The Balaban J connectivity index is 0.00000363. The van der Waals surface area contributed by atoms with E-state index in [9.17, 15) is 18.0 Å². The Kier molecular flexibility index (Phi) is 9.47. The summed E-state index contributed by atoms with van der Waals surface area (Å²) in [5, 5.41) is 6.06. The van der Waals surface area contributed by atoms with Crippen LogP contribution in [0.5, 0.6) is 0 Å². The van der Waals surface area contributed by atoms with Gasteiger partial charge in [0.25, 0.3) is 0 Å². The number of aliphatic imine (C=N–C) groups is 1. The lowest BCUT2D eigenvalue weighted by molar-refractivity contribution is -0.135. The molecule has 0 saturated carbocycles. The number of hydrogen-bond acceptors (Lipinski definition) is 6. The molecule has 2 aliphatic rings. The zero-order valence-corrected chi connectivity index (χ0v) is 20.1. The van der Waals surface area contributed by atoms with Crippen LogP contribution in [0.25, 0.3) is 0 Å². The van der Waals surface area contributed by atoms with Crippen LogP contribution < -0.4 is 15.4 Å². The first-order chi connectivity index (χ1) is 14.7. The summed E-state index contributed by atoms with van der Waals surface area (Å²) in [5.41, 5.74) is 1.93. The molecule has 178 valence electrons. The fourth-order valence-electron chi connectivity index (χ4n) is 3.92. The van der Waals surface area contributed by atoms with Gasteiger partial charge in [0.05, 0.1) is 12.8 Å². The Morgan fingerprint density at radius 2 is 1.84 bits per heavy atom. The van der Waals surface area contributed by atoms with Crippen LogP contribution in [0.15, 0.2) is 29.3 Å². The highest BCUT2D eigenvalue weighted by Crippen LogP contribution is 2.14. The first-order valence-electron chi connectivity index (χ1n) is 10.6. The molecule has 9 nitrogen and oxygen atoms in total. The van der Waals surface area contributed by atoms with Crippen molar-refractivity contribution in [3.05, 3.63) is 35.4 Å². The van der Waals surface area contributed by atoms with Gasteiger partial charge in [0.2, 0.25) is 21.8 Å². The summed E-state index contributed by atoms with van der Waals surface area (Å²) in [6.07, 6.45) is 3.31. The van der Waals surface area contributed by atoms with Crippen molar-refractivity contribution in [2.45, 2.75) is 44.7 Å². The molecule has 2 unspecified atom stereocenters. The maximum absolute atomic E-state index is 13.0. The number of hydrogen-bond donors (Lipinski definition) is 3. The van der Waals surface area contributed by atoms with Crippen molar-refractivity contribution in [2.24, 2.45) is 4.99 Å². The molecule has 3 N–H and O–H groups in total. The maximum atomic E-state index is 13.0. The summed E-state index contributed by atoms with van der Waals surface area (Å²) < 4.78 is 25.1. The molecule has 1 aromatic carbocycles. The summed E-state index contributed by atoms with van der Waals surface area (Å²) in [4.78, 5) is 31.8. The molecule has 0 bridgehead atoms. The van der Waals surface area contributed by atoms with Crippen molar-refractivity contribution in [2.75, 3.05) is 32.4 Å². The van der Waals surface area contributed by atoms with Gasteiger partial charge in [0.15, 0.2) is 0 Å². The SMILES string of the molecule is CC(CC(=O)NC(Cc1ccc(C2=NCCN2)cc1)C(=O)N1CCCC1)NS(C)(=O)=O.Cl. The number of likely N-dealkylation sites (tertiary alicyclic amines) is 1. The van der Waals surface area contributed by atoms with Gasteiger partial charge in [-0.3, -0.25) is 14.6 Å². The van der Waals surface area contributed by atoms with E-state index in [0.29, 0.717) is 19.5 Å². The van der Waals surface area contributed by atoms with E-state index in [1.807, 2.05) is 24.3 Å². The van der Waals surface area contributed by atoms with Crippen molar-refractivity contribution in [3.63, 3.8) is 0 Å². The number of carbonyl (C=O) groups excluding carboxylic acids is 2. The summed E-state index contributed by atoms with van der Waals surface area (Å²) in [5.74, 6) is 0.416. The molecule has 2 heterocycles. The molecule has 0 aromatic heterocycles. The predicted molar refractivity (Wildman–Crippen MR) is 127 cm³/mol. The van der Waals surface area contributed by atoms with Crippen molar-refractivity contribution in [1.82, 2.24) is 20.3 Å². The van der Waals surface area contributed by atoms with Crippen molar-refractivity contribution < 1.29 is 18.0 Å². The van der Waals surface area contributed by atoms with Crippen LogP contribution in [0.4, 0.5) is 0 Å². The number of amidine groups is 1. The Hall–Kier alpha value is -2.17. The van der Waals surface area contributed by atoms with Crippen molar-refractivity contribution in [3.8, 4) is 0 Å². The predicted octanol–water partition coefficient (Wildman–Crippen LogP) is 0.436. The lowest BCUT2D eigenvalue weighted by Gasteiger charge is -2.25. The van der Waals surface area contributed by atoms with Gasteiger partial charge in [-0.2, -0.15) is 0 Å². The summed E-state index contributed by atoms with van der Waals surface area (Å²) >= 11 is 0. The van der Waals surface area contributed by atoms with E-state index in [-0.39, 0.29) is 30.6 Å². The molecule has 3 rings (SSSR count). The van der Waals surface area contributed by atoms with Gasteiger partial charge >= 0.3 is 0 Å². The fraction of sp³-hybridized carbons (Fsp3) is 0.571. The molecule has 1 fully saturated rings. The number of carbonyl (C=O) groups is 2. The molecule has 2 atom stereocenters. The largest absolute Gasteiger partial charge is 0.368 e. The fourth-order valence-corrected chi connectivity index (χ4v) is 4.74. The molecular weight excluding hydrogens is 454 g/mol. The average Bonchev–Trinajstić information content (AvgIpc) is 3.40. The first-order valence-corrected chi connectivity index (χ1v) is 12.5. The van der Waals surface area contributed by atoms with Gasteiger partial charge in [-0.1, -0.05) is 24.3 Å². The Morgan fingerprint density at radius 3 is 2.41 bits per heavy atom. The molecule has 0 aliphatic carbocycles. The molecule has 2 amide bonds. The van der Waals surface area contributed by atoms with Crippen LogP contribution in [-0.2, 0) is 26.0 Å². The Labute approximate surface area is 195 Å². The normalized spacial score (nSPS) is 17.7. The lowest BCUT2D eigenvalue weighted by atomic mass is 10.0. The second-order valence-electron chi connectivity index (χ2n) is 8.21. The van der Waals surface area contributed by atoms with E-state index < -0.39 is 22.1 Å². The van der Waals surface area contributed by atoms with Gasteiger partial charge in [-0.25, -0.2) is 13.1 Å². The molecule has 11 heteroatoms. The number of rotatable bonds is 9. The average molecular weight is 486 g/mol. The quantitative estimate of drug-likeness (QED) is 0.468. The van der Waals surface area contributed by atoms with Crippen LogP contribution in [-0.4, -0.2) is 75.5 Å². The highest BCUT2D eigenvalue weighted by molar-refractivity contribution is 7.88. The Morgan fingerprint density at radius 1 is 1.19 bits per heavy atom. The second-order valence-corrected chi connectivity index (χ2v) is 9.99. The van der Waals surface area contributed by atoms with E-state index >= 15 is 0 Å². The third-order valence-corrected chi connectivity index (χ3v) is 6.13. The van der Waals surface area contributed by atoms with E-state index in [4.69, 9.17) is 0 Å². The number of benzene rings is 1. The highest BCUT2D eigenvalue weighted by atomic mass is 35.5. The summed E-state index contributed by atoms with van der Waals surface area (Å²) in [6, 6.07) is 6.57. The van der Waals surface area contributed by atoms with Crippen LogP contribution in [0.3, 0.4) is 0 Å². The van der Waals surface area contributed by atoms with E-state index in [1.165, 1.54) is 0 Å². The third-order valence-electron chi connectivity index (χ3n) is 5.30. The number of nitrogens with one attached hydrogen (secondary N) is 3. The van der Waals surface area contributed by atoms with Gasteiger partial charge in [0, 0.05) is 44.1 Å². The number of halogens is 1. The van der Waals surface area contributed by atoms with Crippen molar-refractivity contribution in [1.29, 1.82) is 0 Å². The van der Waals surface area contributed by atoms with E-state index in [2.05, 4.69) is 20.3 Å². The molecule has 32 heavy (non-hydrogen) atoms. The van der Waals surface area contributed by atoms with Crippen LogP contribution in [0, 0.1) is 0 Å². The van der Waals surface area contributed by atoms with Gasteiger partial charge in [-0.15, -0.1) is 12.4 Å². The standard InChI is InChI=1S/C21H31N5O4S.ClH/c1-15(25-31(2,29)30)13-19(27)24-18(21(28)26-11-3-4-12-26)14-16-5-7-17(8-6-16)20-22-9-10-23-20;/h5-8,15,18,25H,3-4,9-14H2,1-2H3,(H,22,23)(H,24,27);1H. The molecule has 0 spiro atoms. The maximum Gasteiger partial charge on any atom is 0.245 e. The molecule has 0 radical (unpaired) electrons. The zero-order chi connectivity index (χ0) is 22.4. The second kappa shape index (κ2) is 11.6. The van der Waals surface area contributed by atoms with Crippen LogP contribution in [0.2, 0.25) is 0 Å². The number of sulfonamides is 1. The van der Waals surface area contributed by atoms with Gasteiger partial charge in [0.1, 0.15) is 11.9 Å². The zero-order valence-electron chi connectivity index (χ0n) is 18.5. The van der Waals surface area contributed by atoms with Gasteiger partial charge < -0.3 is 15.5 Å². The van der Waals surface area contributed by atoms with Crippen LogP contribution in [0.1, 0.15) is 37.3 Å². The van der Waals surface area contributed by atoms with Crippen LogP contribution >= 0.6 is 12.4 Å². The number of amides is 2. The monoisotopic (exact) mass is 485 g/mol. The highest BCUT2D eigenvalue weighted by Gasteiger charge is 2.28. The van der Waals surface area contributed by atoms with E-state index in [0.717, 1.165) is 49.1 Å². The third kappa shape index (κ3) is 7.75.